The highest BCUT2D eigenvalue weighted by molar-refractivity contribution is 5.83. The fraction of sp³-hybridized carbons (Fsp3) is 0. The quantitative estimate of drug-likeness (QED) is 0.623. The fourth-order valence-corrected chi connectivity index (χ4v) is 1.72. The number of nitriles is 1. The Hall–Kier alpha value is -2.94. The van der Waals surface area contributed by atoms with Crippen molar-refractivity contribution in [2.75, 3.05) is 0 Å². The van der Waals surface area contributed by atoms with E-state index < -0.39 is 0 Å². The number of hydrogen-bond donors (Lipinski definition) is 2. The molecule has 0 amide bonds. The lowest BCUT2D eigenvalue weighted by Crippen LogP contribution is -2.19. The highest BCUT2D eigenvalue weighted by atomic mass is 15.1. The molecule has 3 aromatic rings. The molecule has 18 heavy (non-hydrogen) atoms. The van der Waals surface area contributed by atoms with Crippen molar-refractivity contribution in [3.8, 4) is 17.6 Å². The second kappa shape index (κ2) is 3.53. The molecule has 0 unspecified atom stereocenters. The minimum Gasteiger partial charge on any atom is -0.335 e. The Kier molecular flexibility index (Phi) is 2.01. The molecule has 0 radical (unpaired) electrons. The molecule has 0 atom stereocenters. The third-order valence-corrected chi connectivity index (χ3v) is 2.69. The van der Waals surface area contributed by atoms with Crippen molar-refractivity contribution in [2.24, 2.45) is 0 Å². The average molecular weight is 236 g/mol. The molecule has 3 aromatic heterocycles. The molecule has 3 heterocycles. The van der Waals surface area contributed by atoms with Crippen molar-refractivity contribution in [1.29, 1.82) is 5.26 Å². The van der Waals surface area contributed by atoms with Gasteiger partial charge in [0.05, 0.1) is 22.6 Å². The van der Waals surface area contributed by atoms with E-state index >= 15 is 0 Å². The van der Waals surface area contributed by atoms with Crippen LogP contribution in [-0.4, -0.2) is 25.1 Å². The van der Waals surface area contributed by atoms with Gasteiger partial charge in [-0.2, -0.15) is 10.4 Å². The minimum atomic E-state index is 0.422. The molecule has 0 aliphatic carbocycles. The van der Waals surface area contributed by atoms with E-state index in [1.165, 1.54) is 6.20 Å². The zero-order valence-corrected chi connectivity index (χ0v) is 9.36. The van der Waals surface area contributed by atoms with Crippen molar-refractivity contribution in [3.63, 3.8) is 0 Å². The normalized spacial score (nSPS) is 10.6. The molecule has 86 valence electrons. The van der Waals surface area contributed by atoms with Crippen LogP contribution in [-0.2, 0) is 0 Å². The number of aromatic nitrogens is 5. The largest absolute Gasteiger partial charge is 0.335 e. The predicted molar refractivity (Wildman–Crippen MR) is 66.5 cm³/mol. The summed E-state index contributed by atoms with van der Waals surface area (Å²) in [4.78, 5) is 11.4. The number of nitrogens with one attached hydrogen (secondary N) is 2. The molecule has 0 bridgehead atoms. The molecule has 0 spiro atoms. The number of hydrogen-bond acceptors (Lipinski definition) is 4. The van der Waals surface area contributed by atoms with Gasteiger partial charge in [0, 0.05) is 11.4 Å². The monoisotopic (exact) mass is 236 g/mol. The summed E-state index contributed by atoms with van der Waals surface area (Å²) >= 11 is 0. The number of fused-ring (bicyclic) bond motifs is 1. The first kappa shape index (κ1) is 10.2. The SMILES string of the molecule is C=c1[nH]nc(-c2nc3c(C#N)cncc3[nH]2)c1=C. The van der Waals surface area contributed by atoms with Crippen molar-refractivity contribution < 1.29 is 0 Å². The molecule has 3 rings (SSSR count). The molecule has 0 aromatic carbocycles. The molecule has 0 fully saturated rings. The van der Waals surface area contributed by atoms with Gasteiger partial charge in [0.1, 0.15) is 17.3 Å². The van der Waals surface area contributed by atoms with E-state index in [2.05, 4.69) is 44.4 Å². The van der Waals surface area contributed by atoms with Crippen LogP contribution in [0.5, 0.6) is 0 Å². The van der Waals surface area contributed by atoms with Gasteiger partial charge in [-0.05, 0) is 0 Å². The standard InChI is InChI=1S/C12H8N6/c1-6-7(2)17-18-10(6)12-15-9-5-14-4-8(3-13)11(9)16-12/h4-5,17H,1-2H2,(H,15,16). The summed E-state index contributed by atoms with van der Waals surface area (Å²) in [6.07, 6.45) is 3.10. The molecule has 0 aliphatic heterocycles. The van der Waals surface area contributed by atoms with Crippen LogP contribution in [0, 0.1) is 11.3 Å². The van der Waals surface area contributed by atoms with Gasteiger partial charge < -0.3 is 4.98 Å². The Morgan fingerprint density at radius 2 is 2.11 bits per heavy atom. The summed E-state index contributed by atoms with van der Waals surface area (Å²) in [6, 6.07) is 2.05. The first-order valence-corrected chi connectivity index (χ1v) is 5.17. The van der Waals surface area contributed by atoms with E-state index in [1.807, 2.05) is 0 Å². The Labute approximate surface area is 101 Å². The summed E-state index contributed by atoms with van der Waals surface area (Å²) in [7, 11) is 0. The van der Waals surface area contributed by atoms with Crippen LogP contribution >= 0.6 is 0 Å². The van der Waals surface area contributed by atoms with Gasteiger partial charge >= 0.3 is 0 Å². The fourth-order valence-electron chi connectivity index (χ4n) is 1.72. The summed E-state index contributed by atoms with van der Waals surface area (Å²) in [6.45, 7) is 7.64. The number of rotatable bonds is 1. The predicted octanol–water partition coefficient (Wildman–Crippen LogP) is 0.0403. The van der Waals surface area contributed by atoms with E-state index in [4.69, 9.17) is 5.26 Å². The molecule has 0 aliphatic rings. The van der Waals surface area contributed by atoms with Gasteiger partial charge in [-0.25, -0.2) is 4.98 Å². The molecule has 6 nitrogen and oxygen atoms in total. The van der Waals surface area contributed by atoms with Crippen LogP contribution in [0.1, 0.15) is 5.56 Å². The van der Waals surface area contributed by atoms with Crippen LogP contribution in [0.2, 0.25) is 0 Å². The molecular weight excluding hydrogens is 228 g/mol. The van der Waals surface area contributed by atoms with Crippen molar-refractivity contribution in [2.45, 2.75) is 0 Å². The van der Waals surface area contributed by atoms with Gasteiger partial charge in [-0.3, -0.25) is 10.1 Å². The lowest BCUT2D eigenvalue weighted by molar-refractivity contribution is 1.06. The number of H-pyrrole nitrogens is 2. The van der Waals surface area contributed by atoms with Gasteiger partial charge in [0.2, 0.25) is 0 Å². The van der Waals surface area contributed by atoms with Crippen LogP contribution in [0.25, 0.3) is 35.7 Å². The lowest BCUT2D eigenvalue weighted by atomic mass is 10.3. The maximum absolute atomic E-state index is 8.99. The first-order chi connectivity index (χ1) is 8.70. The van der Waals surface area contributed by atoms with E-state index in [0.717, 1.165) is 0 Å². The smallest absolute Gasteiger partial charge is 0.159 e. The highest BCUT2D eigenvalue weighted by Gasteiger charge is 2.11. The maximum Gasteiger partial charge on any atom is 0.159 e. The van der Waals surface area contributed by atoms with E-state index in [9.17, 15) is 0 Å². The summed E-state index contributed by atoms with van der Waals surface area (Å²) in [5.41, 5.74) is 2.29. The van der Waals surface area contributed by atoms with Gasteiger partial charge in [0.25, 0.3) is 0 Å². The Balaban J connectivity index is 2.33. The third kappa shape index (κ3) is 1.31. The Bertz CT molecular complexity index is 880. The lowest BCUT2D eigenvalue weighted by Gasteiger charge is -1.87. The maximum atomic E-state index is 8.99. The minimum absolute atomic E-state index is 0.422. The zero-order valence-electron chi connectivity index (χ0n) is 9.36. The summed E-state index contributed by atoms with van der Waals surface area (Å²) in [5, 5.41) is 17.1. The highest BCUT2D eigenvalue weighted by Crippen LogP contribution is 2.17. The van der Waals surface area contributed by atoms with E-state index in [1.54, 1.807) is 6.20 Å². The second-order valence-electron chi connectivity index (χ2n) is 3.81. The van der Waals surface area contributed by atoms with Gasteiger partial charge in [0.15, 0.2) is 5.82 Å². The van der Waals surface area contributed by atoms with Crippen LogP contribution < -0.4 is 10.6 Å². The topological polar surface area (TPSA) is 94.0 Å². The Morgan fingerprint density at radius 1 is 1.28 bits per heavy atom. The molecule has 2 N–H and O–H groups in total. The van der Waals surface area contributed by atoms with E-state index in [0.29, 0.717) is 38.7 Å². The molecule has 0 saturated carbocycles. The number of aromatic amines is 2. The average Bonchev–Trinajstić information content (AvgIpc) is 2.94. The summed E-state index contributed by atoms with van der Waals surface area (Å²) < 4.78 is 0. The first-order valence-electron chi connectivity index (χ1n) is 5.17. The molecule has 0 saturated heterocycles. The van der Waals surface area contributed by atoms with Gasteiger partial charge in [-0.15, -0.1) is 0 Å². The Morgan fingerprint density at radius 3 is 2.78 bits per heavy atom. The zero-order chi connectivity index (χ0) is 12.7. The molecular formula is C12H8N6. The number of nitrogens with zero attached hydrogens (tertiary/aromatic N) is 4. The van der Waals surface area contributed by atoms with Crippen molar-refractivity contribution in [1.82, 2.24) is 25.1 Å². The third-order valence-electron chi connectivity index (χ3n) is 2.69. The van der Waals surface area contributed by atoms with Crippen LogP contribution in [0.4, 0.5) is 0 Å². The van der Waals surface area contributed by atoms with Crippen LogP contribution in [0.15, 0.2) is 12.4 Å². The second-order valence-corrected chi connectivity index (χ2v) is 3.81. The number of pyridine rings is 1. The van der Waals surface area contributed by atoms with Crippen molar-refractivity contribution >= 4 is 24.2 Å². The van der Waals surface area contributed by atoms with Crippen LogP contribution in [0.3, 0.4) is 0 Å². The van der Waals surface area contributed by atoms with Gasteiger partial charge in [-0.1, -0.05) is 13.2 Å². The number of imidazole rings is 1. The van der Waals surface area contributed by atoms with E-state index in [-0.39, 0.29) is 0 Å². The summed E-state index contributed by atoms with van der Waals surface area (Å²) in [5.74, 6) is 0.547. The molecule has 6 heteroatoms. The van der Waals surface area contributed by atoms with Crippen molar-refractivity contribution in [3.05, 3.63) is 28.5 Å².